The normalized spacial score (nSPS) is 13.4. The number of sulfonamides is 4. The highest BCUT2D eigenvalue weighted by Crippen LogP contribution is 2.30. The molecule has 4 aromatic rings. The molecule has 0 aliphatic heterocycles. The predicted molar refractivity (Wildman–Crippen MR) is 271 cm³/mol. The topological polar surface area (TPSA) is 176 Å². The first-order valence-electron chi connectivity index (χ1n) is 23.1. The summed E-state index contributed by atoms with van der Waals surface area (Å²) in [6.07, 6.45) is 0.415. The number of aryl methyl sites for hydroxylation is 12. The molecule has 0 spiro atoms. The molecule has 4 rings (SSSR count). The molecule has 0 amide bonds. The van der Waals surface area contributed by atoms with Crippen LogP contribution in [0.15, 0.2) is 68.1 Å². The van der Waals surface area contributed by atoms with Crippen molar-refractivity contribution in [1.29, 1.82) is 0 Å². The lowest BCUT2D eigenvalue weighted by Crippen LogP contribution is -2.45. The number of hydrogen-bond donors (Lipinski definition) is 1. The van der Waals surface area contributed by atoms with Gasteiger partial charge in [-0.3, -0.25) is 0 Å². The molecule has 4 aromatic carbocycles. The van der Waals surface area contributed by atoms with Gasteiger partial charge in [0.1, 0.15) is 0 Å². The van der Waals surface area contributed by atoms with E-state index in [1.807, 2.05) is 64.1 Å². The maximum absolute atomic E-state index is 14.7. The second kappa shape index (κ2) is 22.5. The van der Waals surface area contributed by atoms with Crippen molar-refractivity contribution in [3.8, 4) is 0 Å². The Balaban J connectivity index is 1.66. The van der Waals surface area contributed by atoms with E-state index in [0.29, 0.717) is 44.5 Å². The SMILES string of the molecule is CCN(CCCN(CCC(N)CN(CCCN(CC)S(=O)(=O)c1c(C)cc(C)cc1C)S(=O)(=O)c1c(C)cc(C)cc1C)S(=O)(=O)c1c(C)cc(C)cc1C)S(=O)(=O)c1c(C)cc(C)cc1C. The maximum atomic E-state index is 14.7. The average Bonchev–Trinajstić information content (AvgIpc) is 3.16. The van der Waals surface area contributed by atoms with Gasteiger partial charge in [0.25, 0.3) is 0 Å². The highest BCUT2D eigenvalue weighted by Gasteiger charge is 2.34. The first-order chi connectivity index (χ1) is 31.0. The van der Waals surface area contributed by atoms with Gasteiger partial charge in [0.15, 0.2) is 0 Å². The third kappa shape index (κ3) is 12.8. The minimum Gasteiger partial charge on any atom is -0.326 e. The van der Waals surface area contributed by atoms with Crippen molar-refractivity contribution in [2.45, 2.75) is 142 Å². The Morgan fingerprint density at radius 2 is 0.597 bits per heavy atom. The van der Waals surface area contributed by atoms with Gasteiger partial charge < -0.3 is 5.73 Å². The van der Waals surface area contributed by atoms with Gasteiger partial charge in [0, 0.05) is 58.4 Å². The highest BCUT2D eigenvalue weighted by molar-refractivity contribution is 7.90. The van der Waals surface area contributed by atoms with Crippen LogP contribution in [-0.2, 0) is 40.1 Å². The fourth-order valence-corrected chi connectivity index (χ4v) is 17.5. The second-order valence-corrected chi connectivity index (χ2v) is 25.9. The average molecular weight is 1000 g/mol. The smallest absolute Gasteiger partial charge is 0.243 e. The summed E-state index contributed by atoms with van der Waals surface area (Å²) in [5.74, 6) is 0. The van der Waals surface area contributed by atoms with Crippen LogP contribution in [0.2, 0.25) is 0 Å². The largest absolute Gasteiger partial charge is 0.326 e. The number of benzene rings is 4. The van der Waals surface area contributed by atoms with Crippen molar-refractivity contribution in [3.63, 3.8) is 0 Å². The molecular formula is C50H75N5O8S4. The van der Waals surface area contributed by atoms with Crippen LogP contribution in [0.5, 0.6) is 0 Å². The Bertz CT molecular complexity index is 2810. The summed E-state index contributed by atoms with van der Waals surface area (Å²) in [7, 11) is -16.2. The summed E-state index contributed by atoms with van der Waals surface area (Å²) in [5.41, 5.74) is 15.4. The highest BCUT2D eigenvalue weighted by atomic mass is 32.2. The van der Waals surface area contributed by atoms with Gasteiger partial charge >= 0.3 is 0 Å². The van der Waals surface area contributed by atoms with Gasteiger partial charge in [0.05, 0.1) is 19.6 Å². The molecule has 0 saturated heterocycles. The van der Waals surface area contributed by atoms with Crippen molar-refractivity contribution < 1.29 is 33.7 Å². The van der Waals surface area contributed by atoms with Gasteiger partial charge in [0.2, 0.25) is 40.1 Å². The van der Waals surface area contributed by atoms with Gasteiger partial charge in [-0.2, -0.15) is 17.2 Å². The van der Waals surface area contributed by atoms with Gasteiger partial charge in [-0.15, -0.1) is 0 Å². The van der Waals surface area contributed by atoms with Crippen LogP contribution in [0.25, 0.3) is 0 Å². The zero-order valence-electron chi connectivity index (χ0n) is 42.2. The zero-order chi connectivity index (χ0) is 50.6. The van der Waals surface area contributed by atoms with Crippen LogP contribution < -0.4 is 5.73 Å². The number of rotatable bonds is 23. The summed E-state index contributed by atoms with van der Waals surface area (Å²) in [6.45, 7) is 25.4. The quantitative estimate of drug-likeness (QED) is 0.0772. The van der Waals surface area contributed by atoms with Crippen molar-refractivity contribution in [1.82, 2.24) is 17.2 Å². The summed E-state index contributed by atoms with van der Waals surface area (Å²) in [4.78, 5) is 0.807. The summed E-state index contributed by atoms with van der Waals surface area (Å²) >= 11 is 0. The van der Waals surface area contributed by atoms with E-state index >= 15 is 0 Å². The van der Waals surface area contributed by atoms with E-state index in [4.69, 9.17) is 5.73 Å². The number of nitrogens with zero attached hydrogens (tertiary/aromatic N) is 4. The van der Waals surface area contributed by atoms with Crippen molar-refractivity contribution in [2.75, 3.05) is 52.4 Å². The minimum absolute atomic E-state index is 0.0231. The second-order valence-electron chi connectivity index (χ2n) is 18.4. The molecule has 13 nitrogen and oxygen atoms in total. The summed E-state index contributed by atoms with van der Waals surface area (Å²) in [5, 5.41) is 0. The van der Waals surface area contributed by atoms with Crippen LogP contribution in [0.4, 0.5) is 0 Å². The maximum Gasteiger partial charge on any atom is 0.243 e. The minimum atomic E-state index is -4.19. The molecule has 2 N–H and O–H groups in total. The molecule has 0 fully saturated rings. The van der Waals surface area contributed by atoms with E-state index < -0.39 is 46.1 Å². The van der Waals surface area contributed by atoms with Crippen LogP contribution >= 0.6 is 0 Å². The van der Waals surface area contributed by atoms with E-state index in [-0.39, 0.29) is 91.2 Å². The molecular weight excluding hydrogens is 927 g/mol. The lowest BCUT2D eigenvalue weighted by atomic mass is 10.1. The predicted octanol–water partition coefficient (Wildman–Crippen LogP) is 7.99. The van der Waals surface area contributed by atoms with Gasteiger partial charge in [-0.25, -0.2) is 33.7 Å². The van der Waals surface area contributed by atoms with Crippen LogP contribution in [0.3, 0.4) is 0 Å². The summed E-state index contributed by atoms with van der Waals surface area (Å²) in [6, 6.07) is 13.7. The molecule has 0 heterocycles. The molecule has 17 heteroatoms. The lowest BCUT2D eigenvalue weighted by molar-refractivity contribution is 0.322. The summed E-state index contributed by atoms with van der Waals surface area (Å²) < 4.78 is 121. The number of nitrogens with two attached hydrogens (primary N) is 1. The van der Waals surface area contributed by atoms with E-state index in [1.54, 1.807) is 81.4 Å². The number of hydrogen-bond acceptors (Lipinski definition) is 9. The Morgan fingerprint density at radius 1 is 0.373 bits per heavy atom. The Labute approximate surface area is 404 Å². The standard InChI is InChI=1S/C50H75N5O8S4/c1-15-52(64(56,57)47-38(7)25-34(3)26-39(47)8)20-17-22-54(66(60,61)49-42(11)29-36(5)30-43(49)12)24-19-46(51)33-55(67(62,63)50-44(13)31-37(6)32-45(50)14)23-18-21-53(16-2)65(58,59)48-40(9)27-35(4)28-41(48)10/h25-32,46H,15-24,33,51H2,1-14H3. The molecule has 372 valence electrons. The third-order valence-corrected chi connectivity index (χ3v) is 21.3. The molecule has 1 unspecified atom stereocenters. The molecule has 1 atom stereocenters. The molecule has 0 aliphatic rings. The molecule has 0 saturated carbocycles. The molecule has 67 heavy (non-hydrogen) atoms. The first-order valence-corrected chi connectivity index (χ1v) is 28.9. The third-order valence-electron chi connectivity index (χ3n) is 12.3. The van der Waals surface area contributed by atoms with Gasteiger partial charge in [-0.1, -0.05) is 84.6 Å². The van der Waals surface area contributed by atoms with Crippen LogP contribution in [-0.4, -0.2) is 109 Å². The lowest BCUT2D eigenvalue weighted by Gasteiger charge is -2.30. The fraction of sp³-hybridized carbons (Fsp3) is 0.520. The zero-order valence-corrected chi connectivity index (χ0v) is 45.5. The first kappa shape index (κ1) is 56.1. The molecule has 0 aromatic heterocycles. The van der Waals surface area contributed by atoms with Crippen molar-refractivity contribution >= 4 is 40.1 Å². The van der Waals surface area contributed by atoms with Crippen LogP contribution in [0.1, 0.15) is 99.9 Å². The van der Waals surface area contributed by atoms with E-state index in [2.05, 4.69) is 0 Å². The van der Waals surface area contributed by atoms with E-state index in [9.17, 15) is 33.7 Å². The van der Waals surface area contributed by atoms with Crippen LogP contribution in [0, 0.1) is 83.1 Å². The Morgan fingerprint density at radius 3 is 0.866 bits per heavy atom. The van der Waals surface area contributed by atoms with Crippen molar-refractivity contribution in [2.24, 2.45) is 5.73 Å². The molecule has 0 bridgehead atoms. The van der Waals surface area contributed by atoms with Crippen molar-refractivity contribution in [3.05, 3.63) is 115 Å². The molecule has 0 radical (unpaired) electrons. The fourth-order valence-electron chi connectivity index (χ4n) is 9.88. The molecule has 0 aliphatic carbocycles. The Hall–Kier alpha value is -3.52. The van der Waals surface area contributed by atoms with Gasteiger partial charge in [-0.05, 0) is 147 Å². The van der Waals surface area contributed by atoms with E-state index in [0.717, 1.165) is 22.3 Å². The monoisotopic (exact) mass is 1000 g/mol. The Kier molecular flexibility index (Phi) is 18.8. The van der Waals surface area contributed by atoms with E-state index in [1.165, 1.54) is 17.2 Å².